The van der Waals surface area contributed by atoms with Crippen LogP contribution in [0.2, 0.25) is 0 Å². The summed E-state index contributed by atoms with van der Waals surface area (Å²) >= 11 is 0. The van der Waals surface area contributed by atoms with E-state index in [1.165, 1.54) is 0 Å². The largest absolute Gasteiger partial charge is 0.480 e. The minimum absolute atomic E-state index is 0.0915. The van der Waals surface area contributed by atoms with Crippen LogP contribution in [0.4, 0.5) is 5.69 Å². The first-order valence-corrected chi connectivity index (χ1v) is 4.52. The molecule has 5 heteroatoms. The Balaban J connectivity index is 2.68. The van der Waals surface area contributed by atoms with E-state index in [4.69, 9.17) is 10.8 Å². The maximum absolute atomic E-state index is 10.7. The van der Waals surface area contributed by atoms with E-state index in [0.29, 0.717) is 17.0 Å². The van der Waals surface area contributed by atoms with Crippen LogP contribution in [0.1, 0.15) is 5.82 Å². The van der Waals surface area contributed by atoms with Gasteiger partial charge in [0.15, 0.2) is 0 Å². The van der Waals surface area contributed by atoms with E-state index < -0.39 is 5.97 Å². The lowest BCUT2D eigenvalue weighted by Gasteiger charge is -2.02. The number of para-hydroxylation sites is 1. The van der Waals surface area contributed by atoms with E-state index in [2.05, 4.69) is 4.98 Å². The van der Waals surface area contributed by atoms with Crippen molar-refractivity contribution in [2.75, 3.05) is 5.73 Å². The molecule has 0 fully saturated rings. The van der Waals surface area contributed by atoms with Crippen LogP contribution in [0.3, 0.4) is 0 Å². The number of aryl methyl sites for hydroxylation is 1. The second-order valence-corrected chi connectivity index (χ2v) is 3.35. The molecule has 78 valence electrons. The van der Waals surface area contributed by atoms with Gasteiger partial charge >= 0.3 is 5.97 Å². The Morgan fingerprint density at radius 2 is 2.33 bits per heavy atom. The number of anilines is 1. The number of nitrogens with two attached hydrogens (primary N) is 1. The molecule has 3 N–H and O–H groups in total. The van der Waals surface area contributed by atoms with Crippen molar-refractivity contribution < 1.29 is 9.90 Å². The van der Waals surface area contributed by atoms with E-state index in [9.17, 15) is 4.79 Å². The predicted octanol–water partition coefficient (Wildman–Crippen LogP) is 1.01. The fourth-order valence-electron chi connectivity index (χ4n) is 1.62. The maximum atomic E-state index is 10.7. The van der Waals surface area contributed by atoms with Gasteiger partial charge in [0.1, 0.15) is 17.9 Å². The van der Waals surface area contributed by atoms with E-state index >= 15 is 0 Å². The first-order chi connectivity index (χ1) is 7.09. The molecule has 0 aliphatic rings. The SMILES string of the molecule is Cc1nc2c(N)cccc2n1CC(=O)O. The zero-order valence-electron chi connectivity index (χ0n) is 8.27. The number of fused-ring (bicyclic) bond motifs is 1. The molecule has 0 saturated carbocycles. The Morgan fingerprint density at radius 1 is 1.60 bits per heavy atom. The molecule has 1 aromatic heterocycles. The molecule has 0 aliphatic carbocycles. The van der Waals surface area contributed by atoms with Gasteiger partial charge in [-0.1, -0.05) is 6.07 Å². The van der Waals surface area contributed by atoms with Crippen molar-refractivity contribution in [2.45, 2.75) is 13.5 Å². The highest BCUT2D eigenvalue weighted by Gasteiger charge is 2.11. The van der Waals surface area contributed by atoms with Crippen molar-refractivity contribution in [3.8, 4) is 0 Å². The number of carbonyl (C=O) groups is 1. The summed E-state index contributed by atoms with van der Waals surface area (Å²) in [4.78, 5) is 14.9. The van der Waals surface area contributed by atoms with Gasteiger partial charge in [-0.25, -0.2) is 4.98 Å². The summed E-state index contributed by atoms with van der Waals surface area (Å²) in [6, 6.07) is 5.35. The lowest BCUT2D eigenvalue weighted by molar-refractivity contribution is -0.137. The maximum Gasteiger partial charge on any atom is 0.323 e. The molecule has 0 bridgehead atoms. The number of carboxylic acids is 1. The third kappa shape index (κ3) is 1.52. The molecule has 2 aromatic rings. The number of hydrogen-bond acceptors (Lipinski definition) is 3. The highest BCUT2D eigenvalue weighted by molar-refractivity contribution is 5.88. The zero-order valence-corrected chi connectivity index (χ0v) is 8.27. The number of rotatable bonds is 2. The summed E-state index contributed by atoms with van der Waals surface area (Å²) in [6.45, 7) is 1.67. The van der Waals surface area contributed by atoms with Crippen molar-refractivity contribution >= 4 is 22.7 Å². The minimum Gasteiger partial charge on any atom is -0.480 e. The van der Waals surface area contributed by atoms with Gasteiger partial charge in [-0.05, 0) is 19.1 Å². The second-order valence-electron chi connectivity index (χ2n) is 3.35. The number of hydrogen-bond donors (Lipinski definition) is 2. The quantitative estimate of drug-likeness (QED) is 0.717. The molecule has 15 heavy (non-hydrogen) atoms. The zero-order chi connectivity index (χ0) is 11.0. The van der Waals surface area contributed by atoms with Gasteiger partial charge in [-0.2, -0.15) is 0 Å². The van der Waals surface area contributed by atoms with Gasteiger partial charge in [0, 0.05) is 0 Å². The highest BCUT2D eigenvalue weighted by Crippen LogP contribution is 2.21. The fourth-order valence-corrected chi connectivity index (χ4v) is 1.62. The molecule has 0 radical (unpaired) electrons. The second kappa shape index (κ2) is 3.27. The summed E-state index contributed by atoms with van der Waals surface area (Å²) in [5, 5.41) is 8.76. The number of aromatic nitrogens is 2. The van der Waals surface area contributed by atoms with Gasteiger partial charge in [-0.15, -0.1) is 0 Å². The number of aliphatic carboxylic acids is 1. The lowest BCUT2D eigenvalue weighted by atomic mass is 10.3. The Labute approximate surface area is 86.1 Å². The van der Waals surface area contributed by atoms with Crippen LogP contribution in [-0.2, 0) is 11.3 Å². The van der Waals surface area contributed by atoms with Gasteiger partial charge < -0.3 is 15.4 Å². The van der Waals surface area contributed by atoms with E-state index in [1.54, 1.807) is 23.6 Å². The fraction of sp³-hybridized carbons (Fsp3) is 0.200. The smallest absolute Gasteiger partial charge is 0.323 e. The van der Waals surface area contributed by atoms with Gasteiger partial charge in [0.25, 0.3) is 0 Å². The van der Waals surface area contributed by atoms with Crippen LogP contribution in [0.5, 0.6) is 0 Å². The van der Waals surface area contributed by atoms with Crippen LogP contribution in [0.15, 0.2) is 18.2 Å². The molecule has 2 rings (SSSR count). The summed E-state index contributed by atoms with van der Waals surface area (Å²) in [6.07, 6.45) is 0. The van der Waals surface area contributed by atoms with Crippen LogP contribution in [-0.4, -0.2) is 20.6 Å². The average molecular weight is 205 g/mol. The first kappa shape index (κ1) is 9.51. The van der Waals surface area contributed by atoms with Gasteiger partial charge in [-0.3, -0.25) is 4.79 Å². The number of benzene rings is 1. The van der Waals surface area contributed by atoms with E-state index in [0.717, 1.165) is 5.52 Å². The van der Waals surface area contributed by atoms with Crippen molar-refractivity contribution in [3.63, 3.8) is 0 Å². The summed E-state index contributed by atoms with van der Waals surface area (Å²) in [5.41, 5.74) is 7.74. The molecule has 0 aliphatic heterocycles. The molecule has 0 saturated heterocycles. The molecule has 1 aromatic carbocycles. The van der Waals surface area contributed by atoms with E-state index in [1.807, 2.05) is 6.07 Å². The van der Waals surface area contributed by atoms with Crippen LogP contribution in [0, 0.1) is 6.92 Å². The Hall–Kier alpha value is -2.04. The van der Waals surface area contributed by atoms with E-state index in [-0.39, 0.29) is 6.54 Å². The molecule has 0 atom stereocenters. The summed E-state index contributed by atoms with van der Waals surface area (Å²) in [5.74, 6) is -0.231. The summed E-state index contributed by atoms with van der Waals surface area (Å²) in [7, 11) is 0. The third-order valence-electron chi connectivity index (χ3n) is 2.29. The van der Waals surface area contributed by atoms with Gasteiger partial charge in [0.2, 0.25) is 0 Å². The average Bonchev–Trinajstić information content (AvgIpc) is 2.45. The number of nitrogens with zero attached hydrogens (tertiary/aromatic N) is 2. The minimum atomic E-state index is -0.889. The number of imidazole rings is 1. The third-order valence-corrected chi connectivity index (χ3v) is 2.29. The standard InChI is InChI=1S/C10H11N3O2/c1-6-12-10-7(11)3-2-4-8(10)13(6)5-9(14)15/h2-4H,5,11H2,1H3,(H,14,15). The van der Waals surface area contributed by atoms with Gasteiger partial charge in [0.05, 0.1) is 11.2 Å². The monoisotopic (exact) mass is 205 g/mol. The predicted molar refractivity (Wildman–Crippen MR) is 56.5 cm³/mol. The van der Waals surface area contributed by atoms with Crippen molar-refractivity contribution in [1.29, 1.82) is 0 Å². The number of carboxylic acid groups (broad SMARTS) is 1. The van der Waals surface area contributed by atoms with Crippen molar-refractivity contribution in [3.05, 3.63) is 24.0 Å². The molecular formula is C10H11N3O2. The molecular weight excluding hydrogens is 194 g/mol. The Bertz CT molecular complexity index is 531. The topological polar surface area (TPSA) is 81.1 Å². The van der Waals surface area contributed by atoms with Crippen molar-refractivity contribution in [1.82, 2.24) is 9.55 Å². The highest BCUT2D eigenvalue weighted by atomic mass is 16.4. The summed E-state index contributed by atoms with van der Waals surface area (Å²) < 4.78 is 1.63. The molecule has 0 unspecified atom stereocenters. The van der Waals surface area contributed by atoms with Crippen LogP contribution >= 0.6 is 0 Å². The molecule has 5 nitrogen and oxygen atoms in total. The number of nitrogen functional groups attached to an aromatic ring is 1. The van der Waals surface area contributed by atoms with Crippen LogP contribution in [0.25, 0.3) is 11.0 Å². The van der Waals surface area contributed by atoms with Crippen molar-refractivity contribution in [2.24, 2.45) is 0 Å². The first-order valence-electron chi connectivity index (χ1n) is 4.52. The molecule has 1 heterocycles. The van der Waals surface area contributed by atoms with Crippen LogP contribution < -0.4 is 5.73 Å². The Morgan fingerprint density at radius 3 is 3.00 bits per heavy atom. The molecule has 0 spiro atoms. The lowest BCUT2D eigenvalue weighted by Crippen LogP contribution is -2.09. The Kier molecular flexibility index (Phi) is 2.07. The normalized spacial score (nSPS) is 10.7. The molecule has 0 amide bonds.